The van der Waals surface area contributed by atoms with Gasteiger partial charge in [0, 0.05) is 52.4 Å². The molecule has 2 unspecified atom stereocenters. The van der Waals surface area contributed by atoms with Gasteiger partial charge in [-0.15, -0.1) is 0 Å². The smallest absolute Gasteiger partial charge is 0.0726 e. The zero-order chi connectivity index (χ0) is 14.4. The summed E-state index contributed by atoms with van der Waals surface area (Å²) in [5.41, 5.74) is 0. The van der Waals surface area contributed by atoms with Crippen molar-refractivity contribution in [2.75, 3.05) is 46.4 Å². The first-order valence-electron chi connectivity index (χ1n) is 7.64. The third kappa shape index (κ3) is 4.77. The van der Waals surface area contributed by atoms with Crippen molar-refractivity contribution in [3.05, 3.63) is 0 Å². The molecular formula is C14H26N3OS2-. The van der Waals surface area contributed by atoms with Crippen LogP contribution in [-0.4, -0.2) is 72.6 Å². The van der Waals surface area contributed by atoms with Crippen LogP contribution >= 0.6 is 12.2 Å². The first-order chi connectivity index (χ1) is 9.70. The molecule has 2 atom stereocenters. The molecule has 116 valence electrons. The van der Waals surface area contributed by atoms with Crippen LogP contribution in [0.15, 0.2) is 0 Å². The lowest BCUT2D eigenvalue weighted by Gasteiger charge is -2.43. The van der Waals surface area contributed by atoms with E-state index in [-0.39, 0.29) is 0 Å². The molecule has 0 spiro atoms. The summed E-state index contributed by atoms with van der Waals surface area (Å²) in [7, 11) is 1.86. The van der Waals surface area contributed by atoms with Crippen molar-refractivity contribution in [2.24, 2.45) is 0 Å². The Morgan fingerprint density at radius 2 is 1.95 bits per heavy atom. The summed E-state index contributed by atoms with van der Waals surface area (Å²) >= 11 is 9.71. The van der Waals surface area contributed by atoms with Crippen molar-refractivity contribution < 1.29 is 4.74 Å². The van der Waals surface area contributed by atoms with Gasteiger partial charge in [0.1, 0.15) is 0 Å². The number of hydrogen-bond acceptors (Lipinski definition) is 5. The molecule has 6 heteroatoms. The van der Waals surface area contributed by atoms with Crippen molar-refractivity contribution in [1.29, 1.82) is 0 Å². The third-order valence-corrected chi connectivity index (χ3v) is 4.83. The highest BCUT2D eigenvalue weighted by Crippen LogP contribution is 2.26. The second kappa shape index (κ2) is 8.44. The number of ether oxygens (including phenoxy) is 1. The predicted octanol–water partition coefficient (Wildman–Crippen LogP) is 0.983. The summed E-state index contributed by atoms with van der Waals surface area (Å²) in [5.74, 6) is 0. The van der Waals surface area contributed by atoms with Gasteiger partial charge in [0.25, 0.3) is 0 Å². The Morgan fingerprint density at radius 3 is 2.60 bits per heavy atom. The topological polar surface area (TPSA) is 27.7 Å². The van der Waals surface area contributed by atoms with E-state index in [0.29, 0.717) is 16.5 Å². The lowest BCUT2D eigenvalue weighted by atomic mass is 9.91. The maximum Gasteiger partial charge on any atom is 0.0726 e. The van der Waals surface area contributed by atoms with Gasteiger partial charge in [-0.3, -0.25) is 9.80 Å². The average molecular weight is 317 g/mol. The zero-order valence-corrected chi connectivity index (χ0v) is 14.0. The van der Waals surface area contributed by atoms with Gasteiger partial charge in [0.15, 0.2) is 0 Å². The van der Waals surface area contributed by atoms with E-state index in [9.17, 15) is 0 Å². The fourth-order valence-corrected chi connectivity index (χ4v) is 3.61. The highest BCUT2D eigenvalue weighted by molar-refractivity contribution is 8.00. The van der Waals surface area contributed by atoms with Crippen LogP contribution in [0.4, 0.5) is 0 Å². The minimum atomic E-state index is 0.439. The van der Waals surface area contributed by atoms with E-state index in [1.165, 1.54) is 25.7 Å². The van der Waals surface area contributed by atoms with Crippen molar-refractivity contribution in [2.45, 2.75) is 37.8 Å². The summed E-state index contributed by atoms with van der Waals surface area (Å²) in [6, 6.07) is 0.634. The number of methoxy groups -OCH3 is 1. The molecule has 0 amide bonds. The van der Waals surface area contributed by atoms with E-state index in [1.54, 1.807) is 0 Å². The lowest BCUT2D eigenvalue weighted by Crippen LogP contribution is -2.55. The maximum absolute atomic E-state index is 5.68. The molecule has 0 radical (unpaired) electrons. The van der Waals surface area contributed by atoms with Crippen LogP contribution in [0.2, 0.25) is 0 Å². The average Bonchev–Trinajstić information content (AvgIpc) is 2.47. The lowest BCUT2D eigenvalue weighted by molar-refractivity contribution is -0.0268. The van der Waals surface area contributed by atoms with Crippen LogP contribution in [0, 0.1) is 0 Å². The number of piperazine rings is 1. The Hall–Kier alpha value is -0.0100. The van der Waals surface area contributed by atoms with Crippen LogP contribution in [-0.2, 0) is 17.4 Å². The molecule has 1 saturated carbocycles. The summed E-state index contributed by atoms with van der Waals surface area (Å²) < 4.78 is 6.16. The molecule has 4 nitrogen and oxygen atoms in total. The number of hydrogen-bond donors (Lipinski definition) is 1. The fourth-order valence-electron chi connectivity index (χ4n) is 3.40. The van der Waals surface area contributed by atoms with E-state index >= 15 is 0 Å². The van der Waals surface area contributed by atoms with E-state index in [0.717, 1.165) is 39.3 Å². The minimum absolute atomic E-state index is 0.439. The van der Waals surface area contributed by atoms with Gasteiger partial charge in [-0.1, -0.05) is 17.2 Å². The van der Waals surface area contributed by atoms with Crippen molar-refractivity contribution in [3.8, 4) is 0 Å². The Kier molecular flexibility index (Phi) is 6.90. The first-order valence-corrected chi connectivity index (χ1v) is 8.46. The second-order valence-corrected chi connectivity index (χ2v) is 6.79. The largest absolute Gasteiger partial charge is 0.412 e. The predicted molar refractivity (Wildman–Crippen MR) is 89.0 cm³/mol. The van der Waals surface area contributed by atoms with Crippen LogP contribution in [0.1, 0.15) is 25.7 Å². The van der Waals surface area contributed by atoms with Crippen LogP contribution in [0.3, 0.4) is 0 Å². The quantitative estimate of drug-likeness (QED) is 0.600. The van der Waals surface area contributed by atoms with Gasteiger partial charge in [-0.2, -0.15) is 0 Å². The molecule has 1 aliphatic heterocycles. The van der Waals surface area contributed by atoms with Crippen molar-refractivity contribution >= 4 is 29.2 Å². The molecule has 1 saturated heterocycles. The zero-order valence-electron chi connectivity index (χ0n) is 12.3. The fraction of sp³-hybridized carbons (Fsp3) is 0.929. The number of thiocarbonyl (C=S) groups is 1. The standard InChI is InChI=1S/C14H27N3OS2/c1-18-13-5-3-2-4-12(13)17-10-8-16(9-11-17)7-6-15-14(19)20/h12-13H,2-11H2,1H3,(H2,15,19,20)/p-1. The molecule has 0 aromatic rings. The van der Waals surface area contributed by atoms with E-state index in [2.05, 4.69) is 15.1 Å². The SMILES string of the molecule is COC1CCCCC1N1CCN(CCNC(=S)[S-])CC1. The van der Waals surface area contributed by atoms with Gasteiger partial charge >= 0.3 is 0 Å². The van der Waals surface area contributed by atoms with Gasteiger partial charge in [0.05, 0.1) is 6.10 Å². The van der Waals surface area contributed by atoms with Crippen LogP contribution in [0.5, 0.6) is 0 Å². The van der Waals surface area contributed by atoms with Crippen molar-refractivity contribution in [1.82, 2.24) is 15.1 Å². The molecule has 2 rings (SSSR count). The molecule has 20 heavy (non-hydrogen) atoms. The van der Waals surface area contributed by atoms with Crippen LogP contribution < -0.4 is 5.32 Å². The van der Waals surface area contributed by atoms with Gasteiger partial charge in [0.2, 0.25) is 0 Å². The first kappa shape index (κ1) is 16.4. The van der Waals surface area contributed by atoms with Gasteiger partial charge < -0.3 is 34.9 Å². The number of nitrogens with zero attached hydrogens (tertiary/aromatic N) is 2. The third-order valence-electron chi connectivity index (χ3n) is 4.54. The normalized spacial score (nSPS) is 29.2. The monoisotopic (exact) mass is 316 g/mol. The molecule has 0 bridgehead atoms. The van der Waals surface area contributed by atoms with Crippen molar-refractivity contribution in [3.63, 3.8) is 0 Å². The Morgan fingerprint density at radius 1 is 1.25 bits per heavy atom. The molecule has 0 aromatic carbocycles. The highest BCUT2D eigenvalue weighted by atomic mass is 32.1. The molecule has 1 aliphatic carbocycles. The number of nitrogens with one attached hydrogen (secondary N) is 1. The van der Waals surface area contributed by atoms with Gasteiger partial charge in [-0.05, 0) is 12.8 Å². The molecular weight excluding hydrogens is 290 g/mol. The molecule has 1 N–H and O–H groups in total. The molecule has 0 aromatic heterocycles. The van der Waals surface area contributed by atoms with E-state index in [4.69, 9.17) is 29.6 Å². The summed E-state index contributed by atoms with van der Waals surface area (Å²) in [5, 5.41) is 3.05. The Bertz CT molecular complexity index is 309. The second-order valence-electron chi connectivity index (χ2n) is 5.72. The Labute approximate surface area is 133 Å². The van der Waals surface area contributed by atoms with Crippen LogP contribution in [0.25, 0.3) is 0 Å². The molecule has 2 aliphatic rings. The van der Waals surface area contributed by atoms with Gasteiger partial charge in [-0.25, -0.2) is 0 Å². The summed E-state index contributed by atoms with van der Waals surface area (Å²) in [6.07, 6.45) is 5.63. The van der Waals surface area contributed by atoms with E-state index in [1.807, 2.05) is 7.11 Å². The number of rotatable bonds is 5. The summed E-state index contributed by atoms with van der Waals surface area (Å²) in [6.45, 7) is 6.48. The Balaban J connectivity index is 1.71. The summed E-state index contributed by atoms with van der Waals surface area (Å²) in [4.78, 5) is 5.12. The highest BCUT2D eigenvalue weighted by Gasteiger charge is 2.31. The molecule has 2 fully saturated rings. The minimum Gasteiger partial charge on any atom is -0.412 e. The maximum atomic E-state index is 5.68. The molecule has 1 heterocycles. The van der Waals surface area contributed by atoms with E-state index < -0.39 is 0 Å².